The molecule has 0 aromatic carbocycles. The number of hydrogen-bond donors (Lipinski definition) is 2. The van der Waals surface area contributed by atoms with E-state index in [1.54, 1.807) is 6.92 Å². The van der Waals surface area contributed by atoms with Gasteiger partial charge in [-0.1, -0.05) is 5.16 Å². The summed E-state index contributed by atoms with van der Waals surface area (Å²) < 4.78 is 10.1. The van der Waals surface area contributed by atoms with Crippen molar-refractivity contribution in [2.24, 2.45) is 0 Å². The number of nitrogens with zero attached hydrogens (tertiary/aromatic N) is 2. The lowest BCUT2D eigenvalue weighted by Gasteiger charge is -2.09. The van der Waals surface area contributed by atoms with Crippen molar-refractivity contribution in [3.8, 4) is 0 Å². The van der Waals surface area contributed by atoms with Gasteiger partial charge in [0.05, 0.1) is 12.7 Å². The van der Waals surface area contributed by atoms with E-state index in [1.165, 1.54) is 0 Å². The Hall–Kier alpha value is -0.980. The van der Waals surface area contributed by atoms with Gasteiger partial charge in [-0.3, -0.25) is 0 Å². The van der Waals surface area contributed by atoms with Crippen LogP contribution in [-0.4, -0.2) is 39.2 Å². The summed E-state index contributed by atoms with van der Waals surface area (Å²) in [7, 11) is 0. The van der Waals surface area contributed by atoms with Crippen LogP contribution in [0.5, 0.6) is 0 Å². The van der Waals surface area contributed by atoms with Crippen LogP contribution in [0, 0.1) is 6.92 Å². The second-order valence-corrected chi connectivity index (χ2v) is 3.32. The molecular weight excluding hydrogens is 188 g/mol. The molecule has 78 valence electrons. The zero-order valence-electron chi connectivity index (χ0n) is 7.75. The van der Waals surface area contributed by atoms with Crippen LogP contribution in [0.1, 0.15) is 24.2 Å². The summed E-state index contributed by atoms with van der Waals surface area (Å²) in [4.78, 5) is 4.00. The second kappa shape index (κ2) is 3.64. The van der Waals surface area contributed by atoms with Crippen molar-refractivity contribution in [1.82, 2.24) is 10.1 Å². The third-order valence-corrected chi connectivity index (χ3v) is 2.23. The van der Waals surface area contributed by atoms with E-state index in [-0.39, 0.29) is 12.7 Å². The SMILES string of the molecule is Cc1nc([C@H]2C[C@H](O)[C@@H](CO)O2)no1. The smallest absolute Gasteiger partial charge is 0.223 e. The molecule has 0 aliphatic carbocycles. The summed E-state index contributed by atoms with van der Waals surface area (Å²) in [6, 6.07) is 0. The number of aryl methyl sites for hydroxylation is 1. The van der Waals surface area contributed by atoms with Gasteiger partial charge in [-0.25, -0.2) is 0 Å². The molecule has 0 bridgehead atoms. The fourth-order valence-corrected chi connectivity index (χ4v) is 1.51. The second-order valence-electron chi connectivity index (χ2n) is 3.32. The molecule has 1 saturated heterocycles. The van der Waals surface area contributed by atoms with Gasteiger partial charge in [0.1, 0.15) is 12.2 Å². The van der Waals surface area contributed by atoms with E-state index in [0.29, 0.717) is 18.1 Å². The molecule has 3 atom stereocenters. The van der Waals surface area contributed by atoms with E-state index in [1.807, 2.05) is 0 Å². The van der Waals surface area contributed by atoms with Crippen molar-refractivity contribution in [2.45, 2.75) is 31.7 Å². The Morgan fingerprint density at radius 1 is 1.57 bits per heavy atom. The first-order chi connectivity index (χ1) is 6.70. The van der Waals surface area contributed by atoms with Gasteiger partial charge in [-0.05, 0) is 0 Å². The minimum Gasteiger partial charge on any atom is -0.394 e. The lowest BCUT2D eigenvalue weighted by Crippen LogP contribution is -2.24. The average molecular weight is 200 g/mol. The molecule has 1 aliphatic heterocycles. The molecule has 0 amide bonds. The topological polar surface area (TPSA) is 88.6 Å². The first kappa shape index (κ1) is 9.57. The summed E-state index contributed by atoms with van der Waals surface area (Å²) in [6.07, 6.45) is -1.19. The minimum atomic E-state index is -0.663. The van der Waals surface area contributed by atoms with Crippen molar-refractivity contribution in [2.75, 3.05) is 6.61 Å². The average Bonchev–Trinajstić information content (AvgIpc) is 2.71. The highest BCUT2D eigenvalue weighted by Gasteiger charge is 2.36. The number of ether oxygens (including phenoxy) is 1. The standard InChI is InChI=1S/C8H12N2O4/c1-4-9-8(10-14-4)6-2-5(12)7(3-11)13-6/h5-7,11-12H,2-3H2,1H3/t5-,6+,7+/m0/s1. The lowest BCUT2D eigenvalue weighted by molar-refractivity contribution is -0.0251. The third-order valence-electron chi connectivity index (χ3n) is 2.23. The first-order valence-corrected chi connectivity index (χ1v) is 4.45. The Balaban J connectivity index is 2.08. The van der Waals surface area contributed by atoms with E-state index in [4.69, 9.17) is 14.4 Å². The summed E-state index contributed by atoms with van der Waals surface area (Å²) >= 11 is 0. The molecule has 1 aliphatic rings. The normalized spacial score (nSPS) is 32.4. The molecule has 6 nitrogen and oxygen atoms in total. The number of hydrogen-bond acceptors (Lipinski definition) is 6. The predicted octanol–water partition coefficient (Wildman–Crippen LogP) is -0.439. The zero-order chi connectivity index (χ0) is 10.1. The van der Waals surface area contributed by atoms with E-state index in [0.717, 1.165) is 0 Å². The molecule has 0 spiro atoms. The number of aliphatic hydroxyl groups excluding tert-OH is 2. The fraction of sp³-hybridized carbons (Fsp3) is 0.750. The van der Waals surface area contributed by atoms with Gasteiger partial charge in [0.2, 0.25) is 11.7 Å². The molecule has 2 heterocycles. The molecule has 2 rings (SSSR count). The molecular formula is C8H12N2O4. The van der Waals surface area contributed by atoms with Gasteiger partial charge in [-0.15, -0.1) is 0 Å². The summed E-state index contributed by atoms with van der Waals surface area (Å²) in [6.45, 7) is 1.49. The lowest BCUT2D eigenvalue weighted by atomic mass is 10.1. The van der Waals surface area contributed by atoms with Crippen molar-refractivity contribution < 1.29 is 19.5 Å². The first-order valence-electron chi connectivity index (χ1n) is 4.45. The van der Waals surface area contributed by atoms with Crippen LogP contribution in [0.4, 0.5) is 0 Å². The van der Waals surface area contributed by atoms with Gasteiger partial charge in [0.15, 0.2) is 0 Å². The zero-order valence-corrected chi connectivity index (χ0v) is 7.75. The molecule has 1 fully saturated rings. The molecule has 0 saturated carbocycles. The van der Waals surface area contributed by atoms with Gasteiger partial charge in [-0.2, -0.15) is 4.98 Å². The maximum Gasteiger partial charge on any atom is 0.223 e. The number of aliphatic hydroxyl groups is 2. The van der Waals surface area contributed by atoms with E-state index in [2.05, 4.69) is 10.1 Å². The Labute approximate surface area is 80.5 Å². The summed E-state index contributed by atoms with van der Waals surface area (Å²) in [5, 5.41) is 22.0. The molecule has 1 aromatic rings. The maximum atomic E-state index is 9.46. The van der Waals surface area contributed by atoms with Crippen molar-refractivity contribution >= 4 is 0 Å². The highest BCUT2D eigenvalue weighted by atomic mass is 16.5. The van der Waals surface area contributed by atoms with E-state index < -0.39 is 12.2 Å². The molecule has 14 heavy (non-hydrogen) atoms. The van der Waals surface area contributed by atoms with Crippen LogP contribution in [0.2, 0.25) is 0 Å². The van der Waals surface area contributed by atoms with Gasteiger partial charge in [0.25, 0.3) is 0 Å². The van der Waals surface area contributed by atoms with Crippen molar-refractivity contribution in [3.63, 3.8) is 0 Å². The van der Waals surface area contributed by atoms with Gasteiger partial charge in [0, 0.05) is 13.3 Å². The summed E-state index contributed by atoms with van der Waals surface area (Å²) in [5.74, 6) is 0.892. The maximum absolute atomic E-state index is 9.46. The molecule has 0 unspecified atom stereocenters. The largest absolute Gasteiger partial charge is 0.394 e. The Bertz CT molecular complexity index is 314. The van der Waals surface area contributed by atoms with Crippen LogP contribution in [0.3, 0.4) is 0 Å². The van der Waals surface area contributed by atoms with Crippen LogP contribution >= 0.6 is 0 Å². The number of aromatic nitrogens is 2. The van der Waals surface area contributed by atoms with Crippen molar-refractivity contribution in [1.29, 1.82) is 0 Å². The molecule has 2 N–H and O–H groups in total. The Morgan fingerprint density at radius 2 is 2.36 bits per heavy atom. The van der Waals surface area contributed by atoms with Crippen LogP contribution in [0.25, 0.3) is 0 Å². The highest BCUT2D eigenvalue weighted by molar-refractivity contribution is 4.96. The van der Waals surface area contributed by atoms with Crippen molar-refractivity contribution in [3.05, 3.63) is 11.7 Å². The third kappa shape index (κ3) is 1.63. The van der Waals surface area contributed by atoms with Crippen LogP contribution in [0.15, 0.2) is 4.52 Å². The predicted molar refractivity (Wildman–Crippen MR) is 44.4 cm³/mol. The fourth-order valence-electron chi connectivity index (χ4n) is 1.51. The highest BCUT2D eigenvalue weighted by Crippen LogP contribution is 2.30. The molecule has 6 heteroatoms. The van der Waals surface area contributed by atoms with E-state index >= 15 is 0 Å². The van der Waals surface area contributed by atoms with Crippen LogP contribution in [-0.2, 0) is 4.74 Å². The molecule has 1 aromatic heterocycles. The monoisotopic (exact) mass is 200 g/mol. The molecule has 0 radical (unpaired) electrons. The Kier molecular flexibility index (Phi) is 2.49. The minimum absolute atomic E-state index is 0.200. The van der Waals surface area contributed by atoms with Gasteiger partial charge >= 0.3 is 0 Å². The van der Waals surface area contributed by atoms with Crippen LogP contribution < -0.4 is 0 Å². The number of rotatable bonds is 2. The quantitative estimate of drug-likeness (QED) is 0.672. The van der Waals surface area contributed by atoms with Gasteiger partial charge < -0.3 is 19.5 Å². The van der Waals surface area contributed by atoms with E-state index in [9.17, 15) is 5.11 Å². The summed E-state index contributed by atoms with van der Waals surface area (Å²) in [5.41, 5.74) is 0. The Morgan fingerprint density at radius 3 is 2.86 bits per heavy atom.